The summed E-state index contributed by atoms with van der Waals surface area (Å²) in [6.07, 6.45) is 6.90. The molecule has 9 nitrogen and oxygen atoms in total. The van der Waals surface area contributed by atoms with Crippen molar-refractivity contribution in [3.05, 3.63) is 11.6 Å². The smallest absolute Gasteiger partial charge is 0.481 e. The molecule has 1 aliphatic heterocycles. The SMILES string of the molecule is CCCCC(N)CO[C@@H]1C2COC[C@@]3(C[C@H]1OC(=O)O)C1=CC(=O)C4C(CCC(CC(C)C)[C@H]4C(=O)O)C1CCC23. The van der Waals surface area contributed by atoms with Gasteiger partial charge in [0.05, 0.1) is 31.8 Å². The Kier molecular flexibility index (Phi) is 9.17. The van der Waals surface area contributed by atoms with Gasteiger partial charge in [-0.15, -0.1) is 0 Å². The number of carboxylic acid groups (broad SMARTS) is 2. The van der Waals surface area contributed by atoms with Crippen LogP contribution in [-0.2, 0) is 23.8 Å². The summed E-state index contributed by atoms with van der Waals surface area (Å²) in [6.45, 7) is 7.55. The second-order valence-electron chi connectivity index (χ2n) is 14.0. The molecular weight excluding hydrogens is 526 g/mol. The highest BCUT2D eigenvalue weighted by Crippen LogP contribution is 2.64. The van der Waals surface area contributed by atoms with E-state index >= 15 is 0 Å². The monoisotopic (exact) mass is 575 g/mol. The van der Waals surface area contributed by atoms with Crippen LogP contribution in [0.4, 0.5) is 4.79 Å². The van der Waals surface area contributed by atoms with E-state index in [1.54, 1.807) is 6.08 Å². The summed E-state index contributed by atoms with van der Waals surface area (Å²) in [5, 5.41) is 20.0. The number of unbranched alkanes of at least 4 members (excludes halogenated alkanes) is 1. The Bertz CT molecular complexity index is 1030. The molecule has 0 aromatic heterocycles. The van der Waals surface area contributed by atoms with Gasteiger partial charge in [-0.25, -0.2) is 4.79 Å². The highest BCUT2D eigenvalue weighted by Gasteiger charge is 2.64. The second kappa shape index (κ2) is 12.3. The lowest BCUT2D eigenvalue weighted by Gasteiger charge is -2.62. The lowest BCUT2D eigenvalue weighted by atomic mass is 9.45. The standard InChI is InChI=1S/C32H49NO8/c1-4-5-6-19(33)14-40-29-22-15-39-16-32(13-26(29)41-31(37)38)23(22)10-9-20-21-8-7-18(11-17(2)3)27(30(35)36)28(21)25(34)12-24(20)32/h12,17-23,26-29H,4-11,13-16,33H2,1-3H3,(H,35,36)(H,37,38)/t18?,19?,20?,21?,22?,23?,26-,27-,28?,29-,32-/m1/s1. The van der Waals surface area contributed by atoms with E-state index in [1.807, 2.05) is 0 Å². The van der Waals surface area contributed by atoms with Gasteiger partial charge in [-0.05, 0) is 80.6 Å². The zero-order valence-electron chi connectivity index (χ0n) is 24.8. The van der Waals surface area contributed by atoms with Crippen molar-refractivity contribution >= 4 is 17.9 Å². The first-order chi connectivity index (χ1) is 19.6. The van der Waals surface area contributed by atoms with Crippen molar-refractivity contribution in [2.45, 2.75) is 96.8 Å². The highest BCUT2D eigenvalue weighted by atomic mass is 16.7. The van der Waals surface area contributed by atoms with Gasteiger partial charge in [0, 0.05) is 23.3 Å². The van der Waals surface area contributed by atoms with E-state index in [2.05, 4.69) is 20.8 Å². The molecule has 0 aromatic rings. The minimum atomic E-state index is -1.33. The second-order valence-corrected chi connectivity index (χ2v) is 14.0. The summed E-state index contributed by atoms with van der Waals surface area (Å²) in [7, 11) is 0. The van der Waals surface area contributed by atoms with Crippen LogP contribution in [0.5, 0.6) is 0 Å². The predicted molar refractivity (Wildman–Crippen MR) is 151 cm³/mol. The molecule has 4 N–H and O–H groups in total. The number of carbonyl (C=O) groups is 3. The van der Waals surface area contributed by atoms with E-state index in [1.165, 1.54) is 0 Å². The van der Waals surface area contributed by atoms with Crippen molar-refractivity contribution in [1.29, 1.82) is 0 Å². The number of carbonyl (C=O) groups excluding carboxylic acids is 1. The van der Waals surface area contributed by atoms with Gasteiger partial charge in [-0.1, -0.05) is 39.2 Å². The number of ketones is 1. The van der Waals surface area contributed by atoms with E-state index in [9.17, 15) is 24.6 Å². The maximum atomic E-state index is 13.9. The molecule has 0 amide bonds. The fourth-order valence-electron chi connectivity index (χ4n) is 9.67. The Morgan fingerprint density at radius 3 is 2.63 bits per heavy atom. The molecule has 230 valence electrons. The Hall–Kier alpha value is -1.97. The van der Waals surface area contributed by atoms with E-state index in [0.29, 0.717) is 32.2 Å². The first kappa shape index (κ1) is 30.5. The summed E-state index contributed by atoms with van der Waals surface area (Å²) in [5.41, 5.74) is 6.85. The number of allylic oxidation sites excluding steroid dienone is 1. The summed E-state index contributed by atoms with van der Waals surface area (Å²) in [5.74, 6) is -1.49. The first-order valence-electron chi connectivity index (χ1n) is 15.9. The molecule has 2 bridgehead atoms. The molecule has 11 atom stereocenters. The Morgan fingerprint density at radius 1 is 1.17 bits per heavy atom. The third kappa shape index (κ3) is 5.70. The van der Waals surface area contributed by atoms with Crippen LogP contribution < -0.4 is 5.73 Å². The number of hydrogen-bond acceptors (Lipinski definition) is 7. The quantitative estimate of drug-likeness (QED) is 0.309. The van der Waals surface area contributed by atoms with Gasteiger partial charge in [-0.3, -0.25) is 9.59 Å². The van der Waals surface area contributed by atoms with Crippen molar-refractivity contribution in [2.75, 3.05) is 19.8 Å². The van der Waals surface area contributed by atoms with Crippen LogP contribution in [-0.4, -0.2) is 66.2 Å². The summed E-state index contributed by atoms with van der Waals surface area (Å²) in [6, 6.07) is -0.129. The third-order valence-electron chi connectivity index (χ3n) is 11.1. The Labute approximate surface area is 243 Å². The van der Waals surface area contributed by atoms with Crippen LogP contribution >= 0.6 is 0 Å². The molecule has 4 aliphatic carbocycles. The van der Waals surface area contributed by atoms with E-state index in [4.69, 9.17) is 19.9 Å². The van der Waals surface area contributed by atoms with Gasteiger partial charge in [-0.2, -0.15) is 0 Å². The molecule has 3 saturated carbocycles. The fraction of sp³-hybridized carbons (Fsp3) is 0.844. The number of hydrogen-bond donors (Lipinski definition) is 3. The van der Waals surface area contributed by atoms with E-state index < -0.39 is 41.6 Å². The van der Waals surface area contributed by atoms with Crippen LogP contribution in [0.1, 0.15) is 78.6 Å². The number of ether oxygens (including phenoxy) is 3. The van der Waals surface area contributed by atoms with Crippen LogP contribution in [0.25, 0.3) is 0 Å². The normalized spacial score (nSPS) is 40.6. The molecular formula is C32H49NO8. The molecule has 0 aromatic carbocycles. The Balaban J connectivity index is 1.45. The number of aliphatic carboxylic acids is 1. The molecule has 9 heteroatoms. The fourth-order valence-corrected chi connectivity index (χ4v) is 9.67. The van der Waals surface area contributed by atoms with Gasteiger partial charge in [0.25, 0.3) is 0 Å². The molecule has 7 unspecified atom stereocenters. The van der Waals surface area contributed by atoms with E-state index in [0.717, 1.165) is 56.9 Å². The lowest BCUT2D eigenvalue weighted by Crippen LogP contribution is -2.64. The summed E-state index contributed by atoms with van der Waals surface area (Å²) in [4.78, 5) is 38.3. The number of fused-ring (bicyclic) bond motifs is 3. The van der Waals surface area contributed by atoms with Crippen molar-refractivity contribution < 1.29 is 38.8 Å². The minimum absolute atomic E-state index is 0.00732. The minimum Gasteiger partial charge on any atom is -0.481 e. The lowest BCUT2D eigenvalue weighted by molar-refractivity contribution is -0.218. The van der Waals surface area contributed by atoms with Gasteiger partial charge in [0.2, 0.25) is 0 Å². The van der Waals surface area contributed by atoms with Crippen LogP contribution in [0.2, 0.25) is 0 Å². The third-order valence-corrected chi connectivity index (χ3v) is 11.1. The molecule has 5 rings (SSSR count). The zero-order valence-corrected chi connectivity index (χ0v) is 24.8. The predicted octanol–water partition coefficient (Wildman–Crippen LogP) is 4.91. The van der Waals surface area contributed by atoms with Gasteiger partial charge in [0.15, 0.2) is 5.78 Å². The van der Waals surface area contributed by atoms with E-state index in [-0.39, 0.29) is 41.4 Å². The van der Waals surface area contributed by atoms with Crippen molar-refractivity contribution in [1.82, 2.24) is 0 Å². The average molecular weight is 576 g/mol. The van der Waals surface area contributed by atoms with Crippen molar-refractivity contribution in [2.24, 2.45) is 58.5 Å². The summed E-state index contributed by atoms with van der Waals surface area (Å²) >= 11 is 0. The largest absolute Gasteiger partial charge is 0.506 e. The maximum Gasteiger partial charge on any atom is 0.506 e. The zero-order chi connectivity index (χ0) is 29.5. The van der Waals surface area contributed by atoms with Gasteiger partial charge < -0.3 is 30.2 Å². The van der Waals surface area contributed by atoms with Crippen LogP contribution in [0.15, 0.2) is 11.6 Å². The molecule has 1 heterocycles. The molecule has 4 fully saturated rings. The molecule has 0 radical (unpaired) electrons. The number of carboxylic acids is 1. The highest BCUT2D eigenvalue weighted by molar-refractivity contribution is 5.97. The van der Waals surface area contributed by atoms with Crippen LogP contribution in [0.3, 0.4) is 0 Å². The van der Waals surface area contributed by atoms with Crippen molar-refractivity contribution in [3.63, 3.8) is 0 Å². The van der Waals surface area contributed by atoms with Gasteiger partial charge in [0.1, 0.15) is 6.10 Å². The van der Waals surface area contributed by atoms with Crippen molar-refractivity contribution in [3.8, 4) is 0 Å². The Morgan fingerprint density at radius 2 is 1.95 bits per heavy atom. The maximum absolute atomic E-state index is 13.9. The average Bonchev–Trinajstić information content (AvgIpc) is 2.90. The molecule has 41 heavy (non-hydrogen) atoms. The van der Waals surface area contributed by atoms with Crippen LogP contribution in [0, 0.1) is 52.8 Å². The molecule has 5 aliphatic rings. The first-order valence-corrected chi connectivity index (χ1v) is 15.9. The number of nitrogens with two attached hydrogens (primary N) is 1. The topological polar surface area (TPSA) is 145 Å². The molecule has 1 saturated heterocycles. The van der Waals surface area contributed by atoms with Gasteiger partial charge >= 0.3 is 12.1 Å². The summed E-state index contributed by atoms with van der Waals surface area (Å²) < 4.78 is 18.1. The number of rotatable bonds is 10. The molecule has 0 spiro atoms.